The second kappa shape index (κ2) is 14.0. The minimum atomic E-state index is 0.601. The molecule has 1 atom stereocenters. The topological polar surface area (TPSA) is 80.5 Å². The Morgan fingerprint density at radius 2 is 1.48 bits per heavy atom. The third-order valence-electron chi connectivity index (χ3n) is 4.18. The third-order valence-corrected chi connectivity index (χ3v) is 4.84. The van der Waals surface area contributed by atoms with Crippen LogP contribution < -0.4 is 27.0 Å². The highest BCUT2D eigenvalue weighted by Gasteiger charge is 2.00. The molecule has 2 aromatic rings. The Labute approximate surface area is 185 Å². The van der Waals surface area contributed by atoms with Crippen molar-refractivity contribution in [2.45, 2.75) is 19.8 Å². The first kappa shape index (κ1) is 25.0. The van der Waals surface area contributed by atoms with Gasteiger partial charge in [0.25, 0.3) is 0 Å². The Hall–Kier alpha value is -2.08. The molecule has 1 unspecified atom stereocenters. The van der Waals surface area contributed by atoms with Gasteiger partial charge in [0, 0.05) is 30.9 Å². The minimum Gasteiger partial charge on any atom is -0.398 e. The zero-order valence-corrected chi connectivity index (χ0v) is 18.9. The normalized spacial score (nSPS) is 11.2. The first-order chi connectivity index (χ1) is 13.9. The van der Waals surface area contributed by atoms with Gasteiger partial charge in [-0.2, -0.15) is 0 Å². The van der Waals surface area contributed by atoms with Crippen LogP contribution in [0.15, 0.2) is 49.1 Å². The molecule has 2 rings (SSSR count). The Balaban J connectivity index is 0.000000308. The van der Waals surface area contributed by atoms with E-state index in [0.29, 0.717) is 21.4 Å². The molecule has 0 aliphatic rings. The van der Waals surface area contributed by atoms with Crippen LogP contribution in [0.5, 0.6) is 0 Å². The van der Waals surface area contributed by atoms with Crippen LogP contribution in [-0.2, 0) is 0 Å². The molecule has 0 saturated heterocycles. The standard InChI is InChI=1S/C13H20ClN3.C9H13ClN2/c1-3-8-17(2)9-4-7-16-11-5-6-13(15)12(14)10-11;1-2-5-12-7-3-4-9(11)8(10)6-7/h3,5-6,10,16H,1,4,7-9,15H2,2H3;3-4,6,12H,2,5,11H2,1H3/p+1. The summed E-state index contributed by atoms with van der Waals surface area (Å²) in [6, 6.07) is 11.2. The zero-order chi connectivity index (χ0) is 21.6. The molecule has 2 aromatic carbocycles. The quantitative estimate of drug-likeness (QED) is 0.219. The van der Waals surface area contributed by atoms with E-state index in [0.717, 1.165) is 50.4 Å². The molecule has 0 amide bonds. The van der Waals surface area contributed by atoms with E-state index in [1.807, 2.05) is 36.4 Å². The molecule has 29 heavy (non-hydrogen) atoms. The number of nitrogens with one attached hydrogen (secondary N) is 3. The van der Waals surface area contributed by atoms with Crippen LogP contribution in [0.25, 0.3) is 0 Å². The van der Waals surface area contributed by atoms with E-state index in [4.69, 9.17) is 34.7 Å². The van der Waals surface area contributed by atoms with E-state index in [-0.39, 0.29) is 0 Å². The summed E-state index contributed by atoms with van der Waals surface area (Å²) < 4.78 is 0. The Morgan fingerprint density at radius 3 is 1.93 bits per heavy atom. The maximum Gasteiger partial charge on any atom is 0.0953 e. The summed E-state index contributed by atoms with van der Waals surface area (Å²) in [4.78, 5) is 1.47. The van der Waals surface area contributed by atoms with E-state index < -0.39 is 0 Å². The van der Waals surface area contributed by atoms with Crippen molar-refractivity contribution in [3.05, 3.63) is 59.1 Å². The van der Waals surface area contributed by atoms with Gasteiger partial charge in [0.05, 0.1) is 41.6 Å². The molecular formula is C22H34Cl2N5+. The Morgan fingerprint density at radius 1 is 0.966 bits per heavy atom. The molecule has 7 heteroatoms. The molecule has 0 heterocycles. The van der Waals surface area contributed by atoms with E-state index in [9.17, 15) is 0 Å². The van der Waals surface area contributed by atoms with Gasteiger partial charge >= 0.3 is 0 Å². The number of hydrogen-bond acceptors (Lipinski definition) is 4. The van der Waals surface area contributed by atoms with Gasteiger partial charge in [-0.1, -0.05) is 36.7 Å². The van der Waals surface area contributed by atoms with Crippen LogP contribution in [-0.4, -0.2) is 33.2 Å². The fourth-order valence-electron chi connectivity index (χ4n) is 2.51. The van der Waals surface area contributed by atoms with Crippen LogP contribution in [0.1, 0.15) is 19.8 Å². The summed E-state index contributed by atoms with van der Waals surface area (Å²) in [6.07, 6.45) is 4.16. The van der Waals surface area contributed by atoms with Gasteiger partial charge in [-0.05, 0) is 48.9 Å². The van der Waals surface area contributed by atoms with Crippen molar-refractivity contribution in [3.8, 4) is 0 Å². The molecule has 7 N–H and O–H groups in total. The molecule has 0 spiro atoms. The average molecular weight is 439 g/mol. The molecule has 0 aromatic heterocycles. The summed E-state index contributed by atoms with van der Waals surface area (Å²) >= 11 is 11.8. The Kier molecular flexibility index (Phi) is 12.0. The first-order valence-electron chi connectivity index (χ1n) is 9.87. The number of hydrogen-bond donors (Lipinski definition) is 5. The van der Waals surface area contributed by atoms with Crippen molar-refractivity contribution < 1.29 is 4.90 Å². The van der Waals surface area contributed by atoms with Crippen molar-refractivity contribution in [3.63, 3.8) is 0 Å². The minimum absolute atomic E-state index is 0.601. The van der Waals surface area contributed by atoms with Gasteiger partial charge in [0.15, 0.2) is 0 Å². The number of rotatable bonds is 10. The van der Waals surface area contributed by atoms with Crippen molar-refractivity contribution in [1.29, 1.82) is 0 Å². The predicted molar refractivity (Wildman–Crippen MR) is 130 cm³/mol. The molecule has 0 aliphatic carbocycles. The SMILES string of the molecule is C=CC[NH+](C)CCCNc1ccc(N)c(Cl)c1.CCCNc1ccc(N)c(Cl)c1. The highest BCUT2D eigenvalue weighted by molar-refractivity contribution is 6.33. The summed E-state index contributed by atoms with van der Waals surface area (Å²) in [5, 5.41) is 7.76. The van der Waals surface area contributed by atoms with Crippen LogP contribution in [0.2, 0.25) is 10.0 Å². The third kappa shape index (κ3) is 10.3. The fourth-order valence-corrected chi connectivity index (χ4v) is 2.88. The summed E-state index contributed by atoms with van der Waals surface area (Å²) in [6.45, 7) is 9.88. The monoisotopic (exact) mass is 438 g/mol. The highest BCUT2D eigenvalue weighted by Crippen LogP contribution is 2.23. The van der Waals surface area contributed by atoms with Crippen LogP contribution in [0.3, 0.4) is 0 Å². The first-order valence-corrected chi connectivity index (χ1v) is 10.6. The smallest absolute Gasteiger partial charge is 0.0953 e. The second-order valence-corrected chi connectivity index (χ2v) is 7.69. The van der Waals surface area contributed by atoms with Gasteiger partial charge in [0.2, 0.25) is 0 Å². The largest absolute Gasteiger partial charge is 0.398 e. The van der Waals surface area contributed by atoms with Gasteiger partial charge < -0.3 is 27.0 Å². The average Bonchev–Trinajstić information content (AvgIpc) is 2.69. The molecule has 0 saturated carbocycles. The molecule has 0 aliphatic heterocycles. The van der Waals surface area contributed by atoms with Crippen molar-refractivity contribution in [2.75, 3.05) is 55.3 Å². The second-order valence-electron chi connectivity index (χ2n) is 6.88. The lowest BCUT2D eigenvalue weighted by Gasteiger charge is -2.12. The predicted octanol–water partition coefficient (Wildman–Crippen LogP) is 4.17. The number of likely N-dealkylation sites (N-methyl/N-ethyl adjacent to an activating group) is 1. The van der Waals surface area contributed by atoms with Gasteiger partial charge in [-0.25, -0.2) is 0 Å². The molecular weight excluding hydrogens is 405 g/mol. The molecule has 5 nitrogen and oxygen atoms in total. The lowest BCUT2D eigenvalue weighted by atomic mass is 10.2. The molecule has 0 radical (unpaired) electrons. The summed E-state index contributed by atoms with van der Waals surface area (Å²) in [5.74, 6) is 0. The highest BCUT2D eigenvalue weighted by atomic mass is 35.5. The molecule has 160 valence electrons. The van der Waals surface area contributed by atoms with E-state index in [1.54, 1.807) is 6.07 Å². The Bertz CT molecular complexity index is 752. The maximum absolute atomic E-state index is 5.94. The van der Waals surface area contributed by atoms with Crippen LogP contribution in [0, 0.1) is 0 Å². The van der Waals surface area contributed by atoms with E-state index in [1.165, 1.54) is 4.90 Å². The number of quaternary nitrogens is 1. The number of nitrogen functional groups attached to an aromatic ring is 2. The van der Waals surface area contributed by atoms with Gasteiger partial charge in [-0.3, -0.25) is 0 Å². The van der Waals surface area contributed by atoms with E-state index in [2.05, 4.69) is 31.2 Å². The number of halogens is 2. The maximum atomic E-state index is 5.94. The zero-order valence-electron chi connectivity index (χ0n) is 17.4. The fraction of sp³-hybridized carbons (Fsp3) is 0.364. The van der Waals surface area contributed by atoms with Crippen LogP contribution in [0.4, 0.5) is 22.7 Å². The lowest BCUT2D eigenvalue weighted by molar-refractivity contribution is -0.873. The van der Waals surface area contributed by atoms with Crippen LogP contribution >= 0.6 is 23.2 Å². The van der Waals surface area contributed by atoms with E-state index >= 15 is 0 Å². The molecule has 0 fully saturated rings. The number of nitrogens with two attached hydrogens (primary N) is 2. The summed E-state index contributed by atoms with van der Waals surface area (Å²) in [5.41, 5.74) is 14.5. The van der Waals surface area contributed by atoms with Crippen molar-refractivity contribution in [1.82, 2.24) is 0 Å². The molecule has 0 bridgehead atoms. The van der Waals surface area contributed by atoms with Crippen molar-refractivity contribution in [2.24, 2.45) is 0 Å². The van der Waals surface area contributed by atoms with Gasteiger partial charge in [-0.15, -0.1) is 0 Å². The van der Waals surface area contributed by atoms with Crippen molar-refractivity contribution >= 4 is 46.0 Å². The van der Waals surface area contributed by atoms with Gasteiger partial charge in [0.1, 0.15) is 0 Å². The lowest BCUT2D eigenvalue weighted by Crippen LogP contribution is -3.08. The summed E-state index contributed by atoms with van der Waals surface area (Å²) in [7, 11) is 2.17. The number of anilines is 4. The number of benzene rings is 2.